The van der Waals surface area contributed by atoms with E-state index < -0.39 is 11.7 Å². The summed E-state index contributed by atoms with van der Waals surface area (Å²) >= 11 is 0. The van der Waals surface area contributed by atoms with E-state index in [0.29, 0.717) is 5.92 Å². The number of hydrogen-bond donors (Lipinski definition) is 2. The first-order valence-electron chi connectivity index (χ1n) is 7.70. The maximum absolute atomic E-state index is 10.7. The van der Waals surface area contributed by atoms with E-state index in [2.05, 4.69) is 9.88 Å². The maximum Gasteiger partial charge on any atom is 0.134 e. The molecule has 1 aromatic rings. The fourth-order valence-electron chi connectivity index (χ4n) is 3.76. The van der Waals surface area contributed by atoms with Gasteiger partial charge in [0.15, 0.2) is 0 Å². The zero-order chi connectivity index (χ0) is 14.2. The van der Waals surface area contributed by atoms with Crippen molar-refractivity contribution in [3.05, 3.63) is 23.9 Å². The van der Waals surface area contributed by atoms with Gasteiger partial charge in [0.05, 0.1) is 11.7 Å². The molecule has 1 aromatic heterocycles. The standard InChI is InChI=1S/C16H24N2O2/c1-12(19)14-6-4-9-17-15(14)18-10-8-16(20)7-3-2-5-13(16)11-18/h4,6,9,12-13,19-20H,2-3,5,7-8,10-11H2,1H3/t12-,13?,16?/m1/s1. The zero-order valence-corrected chi connectivity index (χ0v) is 12.1. The number of hydrogen-bond acceptors (Lipinski definition) is 4. The average Bonchev–Trinajstić information content (AvgIpc) is 2.46. The van der Waals surface area contributed by atoms with Gasteiger partial charge in [-0.2, -0.15) is 0 Å². The van der Waals surface area contributed by atoms with Crippen LogP contribution in [0.25, 0.3) is 0 Å². The summed E-state index contributed by atoms with van der Waals surface area (Å²) in [7, 11) is 0. The molecule has 0 amide bonds. The molecule has 20 heavy (non-hydrogen) atoms. The second kappa shape index (κ2) is 5.34. The number of nitrogens with zero attached hydrogens (tertiary/aromatic N) is 2. The first-order valence-corrected chi connectivity index (χ1v) is 7.70. The number of rotatable bonds is 2. The number of anilines is 1. The summed E-state index contributed by atoms with van der Waals surface area (Å²) in [5.74, 6) is 1.23. The fraction of sp³-hybridized carbons (Fsp3) is 0.688. The van der Waals surface area contributed by atoms with Crippen molar-refractivity contribution in [2.45, 2.75) is 50.7 Å². The lowest BCUT2D eigenvalue weighted by molar-refractivity contribution is -0.0614. The molecule has 2 unspecified atom stereocenters. The Kier molecular flexibility index (Phi) is 3.69. The van der Waals surface area contributed by atoms with Crippen molar-refractivity contribution in [1.82, 2.24) is 4.98 Å². The van der Waals surface area contributed by atoms with Gasteiger partial charge >= 0.3 is 0 Å². The zero-order valence-electron chi connectivity index (χ0n) is 12.1. The van der Waals surface area contributed by atoms with E-state index in [-0.39, 0.29) is 0 Å². The van der Waals surface area contributed by atoms with Crippen LogP contribution in [-0.4, -0.2) is 33.9 Å². The predicted molar refractivity (Wildman–Crippen MR) is 78.6 cm³/mol. The van der Waals surface area contributed by atoms with Gasteiger partial charge in [-0.3, -0.25) is 0 Å². The molecular formula is C16H24N2O2. The van der Waals surface area contributed by atoms with E-state index in [1.807, 2.05) is 12.1 Å². The highest BCUT2D eigenvalue weighted by Crippen LogP contribution is 2.41. The highest BCUT2D eigenvalue weighted by Gasteiger charge is 2.43. The van der Waals surface area contributed by atoms with Crippen molar-refractivity contribution in [2.75, 3.05) is 18.0 Å². The second-order valence-electron chi connectivity index (χ2n) is 6.33. The van der Waals surface area contributed by atoms with E-state index in [0.717, 1.165) is 50.2 Å². The van der Waals surface area contributed by atoms with Gasteiger partial charge in [-0.15, -0.1) is 0 Å². The molecule has 0 spiro atoms. The molecule has 110 valence electrons. The van der Waals surface area contributed by atoms with E-state index in [1.165, 1.54) is 6.42 Å². The summed E-state index contributed by atoms with van der Waals surface area (Å²) in [5.41, 5.74) is 0.419. The monoisotopic (exact) mass is 276 g/mol. The summed E-state index contributed by atoms with van der Waals surface area (Å²) in [6, 6.07) is 3.81. The third-order valence-corrected chi connectivity index (χ3v) is 4.99. The Labute approximate surface area is 120 Å². The number of pyridine rings is 1. The topological polar surface area (TPSA) is 56.6 Å². The van der Waals surface area contributed by atoms with Crippen molar-refractivity contribution in [3.63, 3.8) is 0 Å². The smallest absolute Gasteiger partial charge is 0.134 e. The van der Waals surface area contributed by atoms with E-state index in [1.54, 1.807) is 13.1 Å². The average molecular weight is 276 g/mol. The largest absolute Gasteiger partial charge is 0.389 e. The lowest BCUT2D eigenvalue weighted by Gasteiger charge is -2.48. The number of aliphatic hydroxyl groups excluding tert-OH is 1. The van der Waals surface area contributed by atoms with Gasteiger partial charge in [0.1, 0.15) is 5.82 Å². The van der Waals surface area contributed by atoms with Crippen LogP contribution < -0.4 is 4.90 Å². The first-order chi connectivity index (χ1) is 9.60. The van der Waals surface area contributed by atoms with Gasteiger partial charge in [0.2, 0.25) is 0 Å². The normalized spacial score (nSPS) is 31.8. The lowest BCUT2D eigenvalue weighted by atomic mass is 9.71. The third kappa shape index (κ3) is 2.42. The van der Waals surface area contributed by atoms with Gasteiger partial charge in [-0.05, 0) is 32.3 Å². The van der Waals surface area contributed by atoms with Gasteiger partial charge in [-0.1, -0.05) is 18.9 Å². The molecule has 1 aliphatic heterocycles. The Morgan fingerprint density at radius 1 is 1.40 bits per heavy atom. The molecule has 3 atom stereocenters. The summed E-state index contributed by atoms with van der Waals surface area (Å²) < 4.78 is 0. The van der Waals surface area contributed by atoms with Crippen molar-refractivity contribution < 1.29 is 10.2 Å². The van der Waals surface area contributed by atoms with E-state index >= 15 is 0 Å². The molecule has 0 bridgehead atoms. The molecule has 4 nitrogen and oxygen atoms in total. The van der Waals surface area contributed by atoms with E-state index in [4.69, 9.17) is 0 Å². The van der Waals surface area contributed by atoms with Crippen LogP contribution >= 0.6 is 0 Å². The predicted octanol–water partition coefficient (Wildman–Crippen LogP) is 2.27. The molecule has 2 N–H and O–H groups in total. The number of aliphatic hydroxyl groups is 2. The molecule has 2 aliphatic rings. The van der Waals surface area contributed by atoms with Crippen molar-refractivity contribution in [2.24, 2.45) is 5.92 Å². The lowest BCUT2D eigenvalue weighted by Crippen LogP contribution is -2.53. The Bertz CT molecular complexity index is 477. The van der Waals surface area contributed by atoms with Gasteiger partial charge in [-0.25, -0.2) is 4.98 Å². The molecule has 0 aromatic carbocycles. The highest BCUT2D eigenvalue weighted by molar-refractivity contribution is 5.48. The van der Waals surface area contributed by atoms with Crippen molar-refractivity contribution in [3.8, 4) is 0 Å². The number of aromatic nitrogens is 1. The number of fused-ring (bicyclic) bond motifs is 1. The Morgan fingerprint density at radius 2 is 2.25 bits per heavy atom. The summed E-state index contributed by atoms with van der Waals surface area (Å²) in [6.07, 6.45) is 6.49. The summed E-state index contributed by atoms with van der Waals surface area (Å²) in [6.45, 7) is 3.46. The molecule has 1 saturated heterocycles. The number of piperidine rings is 1. The Morgan fingerprint density at radius 3 is 3.05 bits per heavy atom. The Hall–Kier alpha value is -1.13. The Balaban J connectivity index is 1.83. The van der Waals surface area contributed by atoms with Crippen LogP contribution in [0.1, 0.15) is 50.7 Å². The second-order valence-corrected chi connectivity index (χ2v) is 6.33. The van der Waals surface area contributed by atoms with Crippen LogP contribution in [0, 0.1) is 5.92 Å². The molecule has 3 rings (SSSR count). The molecule has 2 heterocycles. The first kappa shape index (κ1) is 13.8. The quantitative estimate of drug-likeness (QED) is 0.870. The molecule has 0 radical (unpaired) electrons. The van der Waals surface area contributed by atoms with Crippen LogP contribution in [-0.2, 0) is 0 Å². The molecular weight excluding hydrogens is 252 g/mol. The third-order valence-electron chi connectivity index (χ3n) is 4.99. The summed E-state index contributed by atoms with van der Waals surface area (Å²) in [5, 5.41) is 20.6. The van der Waals surface area contributed by atoms with Crippen LogP contribution in [0.5, 0.6) is 0 Å². The summed E-state index contributed by atoms with van der Waals surface area (Å²) in [4.78, 5) is 6.71. The van der Waals surface area contributed by atoms with Crippen molar-refractivity contribution in [1.29, 1.82) is 0 Å². The minimum atomic E-state index is -0.508. The van der Waals surface area contributed by atoms with Crippen LogP contribution in [0.2, 0.25) is 0 Å². The fourth-order valence-corrected chi connectivity index (χ4v) is 3.76. The van der Waals surface area contributed by atoms with Gasteiger partial charge < -0.3 is 15.1 Å². The van der Waals surface area contributed by atoms with Crippen molar-refractivity contribution >= 4 is 5.82 Å². The van der Waals surface area contributed by atoms with Crippen LogP contribution in [0.4, 0.5) is 5.82 Å². The SMILES string of the molecule is C[C@@H](O)c1cccnc1N1CCC2(O)CCCCC2C1. The van der Waals surface area contributed by atoms with Crippen LogP contribution in [0.3, 0.4) is 0 Å². The molecule has 1 saturated carbocycles. The van der Waals surface area contributed by atoms with Crippen LogP contribution in [0.15, 0.2) is 18.3 Å². The maximum atomic E-state index is 10.7. The van der Waals surface area contributed by atoms with E-state index in [9.17, 15) is 10.2 Å². The molecule has 1 aliphatic carbocycles. The minimum absolute atomic E-state index is 0.342. The molecule has 2 fully saturated rings. The molecule has 4 heteroatoms. The minimum Gasteiger partial charge on any atom is -0.389 e. The van der Waals surface area contributed by atoms with Gasteiger partial charge in [0.25, 0.3) is 0 Å². The van der Waals surface area contributed by atoms with Gasteiger partial charge in [0, 0.05) is 30.8 Å². The highest BCUT2D eigenvalue weighted by atomic mass is 16.3.